The summed E-state index contributed by atoms with van der Waals surface area (Å²) in [7, 11) is -1.61. The van der Waals surface area contributed by atoms with Crippen molar-refractivity contribution in [1.29, 1.82) is 0 Å². The van der Waals surface area contributed by atoms with Gasteiger partial charge < -0.3 is 24.0 Å². The van der Waals surface area contributed by atoms with E-state index in [0.29, 0.717) is 0 Å². The highest BCUT2D eigenvalue weighted by Gasteiger charge is 2.34. The Bertz CT molecular complexity index is 696. The van der Waals surface area contributed by atoms with Crippen molar-refractivity contribution in [2.45, 2.75) is 34.6 Å². The molecule has 124 valence electrons. The van der Waals surface area contributed by atoms with Crippen molar-refractivity contribution < 1.29 is 24.0 Å². The number of halogens is 1. The molecule has 0 amide bonds. The van der Waals surface area contributed by atoms with E-state index in [2.05, 4.69) is 105 Å². The highest BCUT2D eigenvalue weighted by atomic mass is 127. The maximum atomic E-state index is 5.30. The van der Waals surface area contributed by atoms with Crippen LogP contribution in [0.2, 0.25) is 0 Å². The Kier molecular flexibility index (Phi) is 6.75. The Hall–Kier alpha value is -1.46. The molecule has 3 aromatic rings. The van der Waals surface area contributed by atoms with Gasteiger partial charge in [0.15, 0.2) is 0 Å². The number of hydrogen-bond acceptors (Lipinski definition) is 1. The first-order valence-electron chi connectivity index (χ1n) is 7.94. The highest BCUT2D eigenvalue weighted by molar-refractivity contribution is 8.05. The lowest BCUT2D eigenvalue weighted by atomic mass is 10.4. The first-order chi connectivity index (χ1) is 11.2. The number of rotatable bonds is 4. The lowest BCUT2D eigenvalue weighted by molar-refractivity contribution is -0.00000494. The van der Waals surface area contributed by atoms with E-state index in [1.165, 1.54) is 14.7 Å². The summed E-state index contributed by atoms with van der Waals surface area (Å²) in [6, 6.07) is 32.4. The van der Waals surface area contributed by atoms with E-state index >= 15 is 0 Å². The topological polar surface area (TPSA) is 12.4 Å². The molecule has 0 fully saturated rings. The third-order valence-corrected chi connectivity index (χ3v) is 7.22. The Labute approximate surface area is 163 Å². The Morgan fingerprint density at radius 3 is 1.12 bits per heavy atom. The van der Waals surface area contributed by atoms with Gasteiger partial charge in [0.2, 0.25) is 0 Å². The summed E-state index contributed by atoms with van der Waals surface area (Å²) in [6.07, 6.45) is 0. The molecular formula is C21H22INS. The lowest BCUT2D eigenvalue weighted by Gasteiger charge is -2.20. The molecule has 0 heterocycles. The minimum Gasteiger partial charge on any atom is -1.00 e. The van der Waals surface area contributed by atoms with Crippen molar-refractivity contribution in [3.63, 3.8) is 0 Å². The van der Waals surface area contributed by atoms with Gasteiger partial charge in [0.05, 0.1) is 15.9 Å². The summed E-state index contributed by atoms with van der Waals surface area (Å²) in [5.41, 5.74) is 0. The van der Waals surface area contributed by atoms with Gasteiger partial charge in [-0.05, 0) is 50.2 Å². The molecular weight excluding hydrogens is 425 g/mol. The summed E-state index contributed by atoms with van der Waals surface area (Å²) in [6.45, 7) is 4.33. The number of hydrogen-bond donors (Lipinski definition) is 0. The summed E-state index contributed by atoms with van der Waals surface area (Å²) >= 11 is 0. The third kappa shape index (κ3) is 3.78. The van der Waals surface area contributed by atoms with Gasteiger partial charge >= 0.3 is 0 Å². The molecule has 3 rings (SSSR count). The maximum absolute atomic E-state index is 5.30. The Morgan fingerprint density at radius 1 is 0.583 bits per heavy atom. The lowest BCUT2D eigenvalue weighted by Crippen LogP contribution is -3.00. The molecule has 0 aliphatic rings. The molecule has 0 saturated heterocycles. The van der Waals surface area contributed by atoms with E-state index in [-0.39, 0.29) is 30.0 Å². The van der Waals surface area contributed by atoms with E-state index in [0.717, 1.165) is 0 Å². The summed E-state index contributed by atoms with van der Waals surface area (Å²) in [5.74, 6) is 0. The average molecular weight is 447 g/mol. The van der Waals surface area contributed by atoms with Gasteiger partial charge in [0.25, 0.3) is 0 Å². The molecule has 0 aromatic heterocycles. The maximum Gasteiger partial charge on any atom is 0.149 e. The van der Waals surface area contributed by atoms with Gasteiger partial charge in [-0.3, -0.25) is 0 Å². The molecule has 0 N–H and O–H groups in total. The summed E-state index contributed by atoms with van der Waals surface area (Å²) in [4.78, 5) is 3.85. The summed E-state index contributed by atoms with van der Waals surface area (Å²) < 4.78 is 5.30. The van der Waals surface area contributed by atoms with E-state index in [1.807, 2.05) is 0 Å². The van der Waals surface area contributed by atoms with Crippen molar-refractivity contribution in [3.8, 4) is 0 Å². The molecule has 0 aliphatic carbocycles. The van der Waals surface area contributed by atoms with Crippen LogP contribution in [-0.4, -0.2) is 6.04 Å². The van der Waals surface area contributed by atoms with Gasteiger partial charge in [-0.1, -0.05) is 54.6 Å². The second-order valence-corrected chi connectivity index (χ2v) is 8.50. The van der Waals surface area contributed by atoms with Gasteiger partial charge in [-0.25, -0.2) is 0 Å². The van der Waals surface area contributed by atoms with Gasteiger partial charge in [0.1, 0.15) is 14.7 Å². The number of benzene rings is 3. The van der Waals surface area contributed by atoms with Gasteiger partial charge in [-0.2, -0.15) is 0 Å². The van der Waals surface area contributed by atoms with Gasteiger partial charge in [0, 0.05) is 0 Å². The molecule has 0 bridgehead atoms. The van der Waals surface area contributed by atoms with Crippen LogP contribution in [0.4, 0.5) is 0 Å². The molecule has 0 radical (unpaired) electrons. The summed E-state index contributed by atoms with van der Waals surface area (Å²) in [5, 5.41) is 0. The second-order valence-electron chi connectivity index (χ2n) is 5.72. The van der Waals surface area contributed by atoms with Crippen molar-refractivity contribution in [2.24, 2.45) is 4.36 Å². The van der Waals surface area contributed by atoms with Crippen molar-refractivity contribution in [2.75, 3.05) is 0 Å². The van der Waals surface area contributed by atoms with Crippen LogP contribution in [0, 0.1) is 0 Å². The van der Waals surface area contributed by atoms with Crippen LogP contribution < -0.4 is 24.0 Å². The van der Waals surface area contributed by atoms with E-state index in [4.69, 9.17) is 4.36 Å². The first-order valence-corrected chi connectivity index (χ1v) is 9.53. The molecule has 0 aliphatic heterocycles. The molecule has 0 spiro atoms. The molecule has 0 saturated carbocycles. The van der Waals surface area contributed by atoms with Crippen molar-refractivity contribution in [3.05, 3.63) is 91.0 Å². The highest BCUT2D eigenvalue weighted by Crippen LogP contribution is 2.39. The zero-order valence-corrected chi connectivity index (χ0v) is 16.9. The fourth-order valence-corrected chi connectivity index (χ4v) is 6.23. The van der Waals surface area contributed by atoms with Crippen molar-refractivity contribution in [1.82, 2.24) is 0 Å². The Balaban J connectivity index is 0.00000208. The third-order valence-electron chi connectivity index (χ3n) is 3.62. The SMILES string of the molecule is CC(C)N=[S+](c1ccccc1)(c1ccccc1)c1ccccc1.[I-]. The van der Waals surface area contributed by atoms with Crippen LogP contribution in [0.25, 0.3) is 0 Å². The monoisotopic (exact) mass is 447 g/mol. The second kappa shape index (κ2) is 8.58. The molecule has 1 nitrogen and oxygen atoms in total. The van der Waals surface area contributed by atoms with Crippen LogP contribution in [-0.2, 0) is 9.82 Å². The van der Waals surface area contributed by atoms with Crippen LogP contribution in [0.1, 0.15) is 13.8 Å². The number of nitrogens with zero attached hydrogens (tertiary/aromatic N) is 1. The fourth-order valence-electron chi connectivity index (χ4n) is 2.76. The smallest absolute Gasteiger partial charge is 0.149 e. The van der Waals surface area contributed by atoms with E-state index in [1.54, 1.807) is 0 Å². The van der Waals surface area contributed by atoms with Crippen LogP contribution >= 0.6 is 0 Å². The molecule has 24 heavy (non-hydrogen) atoms. The quantitative estimate of drug-likeness (QED) is 0.431. The van der Waals surface area contributed by atoms with Crippen LogP contribution in [0.3, 0.4) is 0 Å². The molecule has 0 atom stereocenters. The fraction of sp³-hybridized carbons (Fsp3) is 0.143. The van der Waals surface area contributed by atoms with E-state index in [9.17, 15) is 0 Å². The zero-order chi connectivity index (χ0) is 16.1. The minimum absolute atomic E-state index is 0. The minimum atomic E-state index is -1.61. The van der Waals surface area contributed by atoms with Crippen molar-refractivity contribution >= 4 is 9.82 Å². The van der Waals surface area contributed by atoms with E-state index < -0.39 is 9.82 Å². The molecule has 3 heteroatoms. The van der Waals surface area contributed by atoms with Crippen LogP contribution in [0.15, 0.2) is 110 Å². The predicted molar refractivity (Wildman–Crippen MR) is 99.1 cm³/mol. The normalized spacial score (nSPS) is 11.0. The zero-order valence-electron chi connectivity index (χ0n) is 14.0. The van der Waals surface area contributed by atoms with Gasteiger partial charge in [-0.15, -0.1) is 4.36 Å². The standard InChI is InChI=1S/C21H22NS.HI/c1-18(2)22-23(19-12-6-3-7-13-19,20-14-8-4-9-15-20)21-16-10-5-11-17-21;/h3-18H,1-2H3;1H/q+1;/p-1. The largest absolute Gasteiger partial charge is 1.00 e. The van der Waals surface area contributed by atoms with Crippen LogP contribution in [0.5, 0.6) is 0 Å². The average Bonchev–Trinajstić information content (AvgIpc) is 2.62. The predicted octanol–water partition coefficient (Wildman–Crippen LogP) is 2.91. The molecule has 3 aromatic carbocycles. The molecule has 0 unspecified atom stereocenters. The first kappa shape index (κ1) is 18.9. The Morgan fingerprint density at radius 2 is 0.875 bits per heavy atom.